The van der Waals surface area contributed by atoms with Gasteiger partial charge in [-0.05, 0) is 110 Å². The molecule has 242 valence electrons. The van der Waals surface area contributed by atoms with Gasteiger partial charge in [0.15, 0.2) is 0 Å². The minimum atomic E-state index is -1.25. The van der Waals surface area contributed by atoms with Crippen molar-refractivity contribution >= 4 is 11.9 Å². The fourth-order valence-electron chi connectivity index (χ4n) is 6.19. The lowest BCUT2D eigenvalue weighted by Crippen LogP contribution is -2.49. The second kappa shape index (κ2) is 14.0. The van der Waals surface area contributed by atoms with Crippen molar-refractivity contribution in [2.45, 2.75) is 79.1 Å². The first-order valence-corrected chi connectivity index (χ1v) is 15.3. The topological polar surface area (TPSA) is 91.6 Å². The molecule has 0 radical (unpaired) electrons. The molecular weight excluding hydrogens is 583 g/mol. The number of rotatable bonds is 12. The van der Waals surface area contributed by atoms with Crippen molar-refractivity contribution in [3.63, 3.8) is 0 Å². The van der Waals surface area contributed by atoms with Gasteiger partial charge in [-0.1, -0.05) is 13.8 Å². The van der Waals surface area contributed by atoms with Gasteiger partial charge in [-0.25, -0.2) is 13.2 Å². The molecule has 0 aliphatic carbocycles. The van der Waals surface area contributed by atoms with E-state index in [2.05, 4.69) is 5.32 Å². The predicted molar refractivity (Wildman–Crippen MR) is 168 cm³/mol. The summed E-state index contributed by atoms with van der Waals surface area (Å²) in [5.74, 6) is -2.91. The molecule has 0 saturated carbocycles. The van der Waals surface area contributed by atoms with Crippen molar-refractivity contribution in [3.05, 3.63) is 91.9 Å². The molecule has 2 N–H and O–H groups in total. The number of alkyl halides is 1. The number of likely N-dealkylation sites (tertiary alicyclic amines) is 1. The molecule has 0 bridgehead atoms. The van der Waals surface area contributed by atoms with Gasteiger partial charge in [0.05, 0.1) is 12.5 Å². The third kappa shape index (κ3) is 8.03. The van der Waals surface area contributed by atoms with Crippen molar-refractivity contribution in [2.24, 2.45) is 5.92 Å². The maximum atomic E-state index is 15.7. The summed E-state index contributed by atoms with van der Waals surface area (Å²) in [6, 6.07) is 5.12. The summed E-state index contributed by atoms with van der Waals surface area (Å²) in [6.45, 7) is 12.0. The van der Waals surface area contributed by atoms with E-state index in [-0.39, 0.29) is 29.0 Å². The minimum absolute atomic E-state index is 0.00942. The van der Waals surface area contributed by atoms with Crippen molar-refractivity contribution in [3.8, 4) is 11.1 Å². The van der Waals surface area contributed by atoms with Gasteiger partial charge < -0.3 is 15.0 Å². The zero-order valence-corrected chi connectivity index (χ0v) is 26.7. The Balaban J connectivity index is 1.71. The van der Waals surface area contributed by atoms with E-state index in [0.29, 0.717) is 48.3 Å². The number of carbonyl (C=O) groups excluding carboxylic acids is 1. The monoisotopic (exact) mass is 625 g/mol. The van der Waals surface area contributed by atoms with Crippen molar-refractivity contribution < 1.29 is 27.9 Å². The molecule has 45 heavy (non-hydrogen) atoms. The highest BCUT2D eigenvalue weighted by Gasteiger charge is 2.30. The lowest BCUT2D eigenvalue weighted by Gasteiger charge is -2.34. The maximum Gasteiger partial charge on any atom is 0.305 e. The van der Waals surface area contributed by atoms with E-state index >= 15 is 4.39 Å². The van der Waals surface area contributed by atoms with Gasteiger partial charge in [0.25, 0.3) is 5.56 Å². The van der Waals surface area contributed by atoms with Gasteiger partial charge in [-0.3, -0.25) is 19.3 Å². The number of amides is 1. The summed E-state index contributed by atoms with van der Waals surface area (Å²) >= 11 is 0. The standard InChI is InChI=1S/C35H42F3N3O4/c1-19(2)9-30(41-16-24(20(3)13-31(41)42)7-8-40-17-27(37)18-40)35(45)39-29(15-32(43)44)28-14-25(10-23(6)34(28)38)33-21(4)11-26(36)12-22(33)5/h10-14,16,19,27,29-30H,7-9,15,17-18H2,1-6H3,(H,39,45)(H,43,44)/t29-,30?/m0/s1. The van der Waals surface area contributed by atoms with Gasteiger partial charge in [-0.2, -0.15) is 0 Å². The molecule has 2 aromatic carbocycles. The van der Waals surface area contributed by atoms with Crippen LogP contribution in [0.4, 0.5) is 13.2 Å². The van der Waals surface area contributed by atoms with E-state index in [0.717, 1.165) is 11.1 Å². The van der Waals surface area contributed by atoms with Crippen LogP contribution in [0.15, 0.2) is 41.3 Å². The SMILES string of the molecule is Cc1cc(=O)n(C(CC(C)C)C(=O)N[C@@H](CC(=O)O)c2cc(-c3c(C)cc(F)cc3C)cc(C)c2F)cc1CCN1CC(F)C1. The van der Waals surface area contributed by atoms with Crippen molar-refractivity contribution in [2.75, 3.05) is 19.6 Å². The molecule has 1 saturated heterocycles. The van der Waals surface area contributed by atoms with Crippen molar-refractivity contribution in [1.29, 1.82) is 0 Å². The van der Waals surface area contributed by atoms with Crippen LogP contribution in [0.2, 0.25) is 0 Å². The molecule has 1 unspecified atom stereocenters. The number of nitrogens with one attached hydrogen (secondary N) is 1. The summed E-state index contributed by atoms with van der Waals surface area (Å²) in [4.78, 5) is 41.2. The van der Waals surface area contributed by atoms with Crippen molar-refractivity contribution in [1.82, 2.24) is 14.8 Å². The third-order valence-electron chi connectivity index (χ3n) is 8.48. The Kier molecular flexibility index (Phi) is 10.6. The first-order valence-electron chi connectivity index (χ1n) is 15.3. The molecule has 1 aliphatic rings. The molecule has 2 heterocycles. The van der Waals surface area contributed by atoms with Gasteiger partial charge in [-0.15, -0.1) is 0 Å². The van der Waals surface area contributed by atoms with Crippen LogP contribution < -0.4 is 10.9 Å². The first kappa shape index (κ1) is 34.0. The number of halogens is 3. The molecule has 0 spiro atoms. The average molecular weight is 626 g/mol. The number of pyridine rings is 1. The Morgan fingerprint density at radius 1 is 0.978 bits per heavy atom. The predicted octanol–water partition coefficient (Wildman–Crippen LogP) is 6.14. The number of aryl methyl sites for hydroxylation is 4. The number of benzene rings is 2. The summed E-state index contributed by atoms with van der Waals surface area (Å²) in [5.41, 5.74) is 4.00. The highest BCUT2D eigenvalue weighted by molar-refractivity contribution is 5.82. The van der Waals surface area contributed by atoms with Crippen LogP contribution >= 0.6 is 0 Å². The van der Waals surface area contributed by atoms with E-state index in [1.54, 1.807) is 33.0 Å². The number of hydrogen-bond donors (Lipinski definition) is 2. The van der Waals surface area contributed by atoms with Crippen LogP contribution in [-0.2, 0) is 16.0 Å². The number of aliphatic carboxylic acids is 1. The Morgan fingerprint density at radius 2 is 1.62 bits per heavy atom. The van der Waals surface area contributed by atoms with E-state index in [4.69, 9.17) is 0 Å². The van der Waals surface area contributed by atoms with Crippen LogP contribution in [0.25, 0.3) is 11.1 Å². The van der Waals surface area contributed by atoms with Gasteiger partial charge >= 0.3 is 5.97 Å². The third-order valence-corrected chi connectivity index (χ3v) is 8.48. The first-order chi connectivity index (χ1) is 21.1. The molecule has 7 nitrogen and oxygen atoms in total. The summed E-state index contributed by atoms with van der Waals surface area (Å²) in [6.07, 6.45) is 1.08. The van der Waals surface area contributed by atoms with Crippen LogP contribution in [0.3, 0.4) is 0 Å². The highest BCUT2D eigenvalue weighted by atomic mass is 19.1. The number of hydrogen-bond acceptors (Lipinski definition) is 4. The zero-order chi connectivity index (χ0) is 33.2. The van der Waals surface area contributed by atoms with E-state index in [1.807, 2.05) is 25.7 Å². The number of nitrogens with zero attached hydrogens (tertiary/aromatic N) is 2. The van der Waals surface area contributed by atoms with Crippen LogP contribution in [0.1, 0.15) is 72.2 Å². The summed E-state index contributed by atoms with van der Waals surface area (Å²) < 4.78 is 44.5. The second-order valence-corrected chi connectivity index (χ2v) is 12.7. The molecular formula is C35H42F3N3O4. The molecule has 10 heteroatoms. The quantitative estimate of drug-likeness (QED) is 0.252. The van der Waals surface area contributed by atoms with Gasteiger partial charge in [0, 0.05) is 37.5 Å². The Bertz CT molecular complexity index is 1620. The lowest BCUT2D eigenvalue weighted by atomic mass is 9.90. The van der Waals surface area contributed by atoms with E-state index in [1.165, 1.54) is 28.8 Å². The average Bonchev–Trinajstić information content (AvgIpc) is 2.90. The number of carboxylic acid groups (broad SMARTS) is 1. The second-order valence-electron chi connectivity index (χ2n) is 12.7. The summed E-state index contributed by atoms with van der Waals surface area (Å²) in [5, 5.41) is 12.5. The molecule has 1 fully saturated rings. The molecule has 1 amide bonds. The molecule has 1 aromatic heterocycles. The van der Waals surface area contributed by atoms with E-state index < -0.39 is 48.2 Å². The van der Waals surface area contributed by atoms with Crippen LogP contribution in [-0.4, -0.2) is 52.3 Å². The zero-order valence-electron chi connectivity index (χ0n) is 26.7. The Morgan fingerprint density at radius 3 is 2.20 bits per heavy atom. The summed E-state index contributed by atoms with van der Waals surface area (Å²) in [7, 11) is 0. The normalized spacial score (nSPS) is 15.2. The highest BCUT2D eigenvalue weighted by Crippen LogP contribution is 2.34. The molecule has 2 atom stereocenters. The molecule has 3 aromatic rings. The largest absolute Gasteiger partial charge is 0.481 e. The smallest absolute Gasteiger partial charge is 0.305 e. The van der Waals surface area contributed by atoms with Gasteiger partial charge in [0.2, 0.25) is 5.91 Å². The number of aromatic nitrogens is 1. The van der Waals surface area contributed by atoms with Crippen LogP contribution in [0, 0.1) is 45.2 Å². The van der Waals surface area contributed by atoms with Gasteiger partial charge in [0.1, 0.15) is 23.8 Å². The van der Waals surface area contributed by atoms with Crippen LogP contribution in [0.5, 0.6) is 0 Å². The lowest BCUT2D eigenvalue weighted by molar-refractivity contribution is -0.138. The van der Waals surface area contributed by atoms with E-state index in [9.17, 15) is 28.3 Å². The number of carbonyl (C=O) groups is 2. The fraction of sp³-hybridized carbons (Fsp3) is 0.457. The maximum absolute atomic E-state index is 15.7. The minimum Gasteiger partial charge on any atom is -0.481 e. The molecule has 1 aliphatic heterocycles. The Hall–Kier alpha value is -3.92. The molecule has 4 rings (SSSR count). The fourth-order valence-corrected chi connectivity index (χ4v) is 6.19. The Labute approximate surface area is 262 Å². The number of carboxylic acids is 1.